The predicted octanol–water partition coefficient (Wildman–Crippen LogP) is 11.8. The summed E-state index contributed by atoms with van der Waals surface area (Å²) < 4.78 is 6.12. The number of fused-ring (bicyclic) bond motifs is 3. The molecule has 0 saturated heterocycles. The second-order valence-corrected chi connectivity index (χ2v) is 12.1. The Morgan fingerprint density at radius 3 is 1.53 bits per heavy atom. The maximum Gasteiger partial charge on any atom is 0.160 e. The molecule has 49 heavy (non-hydrogen) atoms. The topological polar surface area (TPSA) is 51.8 Å². The first kappa shape index (κ1) is 28.6. The van der Waals surface area contributed by atoms with E-state index >= 15 is 0 Å². The van der Waals surface area contributed by atoms with E-state index in [9.17, 15) is 0 Å². The van der Waals surface area contributed by atoms with Crippen LogP contribution in [0.1, 0.15) is 0 Å². The molecule has 0 unspecified atom stereocenters. The molecule has 0 aliphatic carbocycles. The SMILES string of the molecule is c1ccc(-c2ccc(-c3ccc(-c4cc(-c5ccc6oc7ccccc7c6c5)nc(-c5ccc(-c6cccnc6)cc5)n4)cc3)cc2)cc1. The molecule has 9 rings (SSSR count). The highest BCUT2D eigenvalue weighted by Gasteiger charge is 2.14. The van der Waals surface area contributed by atoms with Crippen LogP contribution in [0.2, 0.25) is 0 Å². The van der Waals surface area contributed by atoms with Crippen LogP contribution in [0.25, 0.3) is 89.2 Å². The first-order valence-corrected chi connectivity index (χ1v) is 16.3. The third-order valence-corrected chi connectivity index (χ3v) is 9.04. The lowest BCUT2D eigenvalue weighted by Gasteiger charge is -2.11. The van der Waals surface area contributed by atoms with Gasteiger partial charge in [0.1, 0.15) is 11.2 Å². The molecule has 0 fully saturated rings. The summed E-state index contributed by atoms with van der Waals surface area (Å²) >= 11 is 0. The molecule has 9 aromatic rings. The fraction of sp³-hybridized carbons (Fsp3) is 0. The number of hydrogen-bond donors (Lipinski definition) is 0. The number of para-hydroxylation sites is 1. The van der Waals surface area contributed by atoms with Gasteiger partial charge in [-0.1, -0.05) is 127 Å². The lowest BCUT2D eigenvalue weighted by Crippen LogP contribution is -1.96. The standard InChI is InChI=1S/C45H29N3O/c1-2-7-30(8-3-1)31-12-14-32(15-13-31)33-16-20-35(21-17-33)41-28-42(37-24-25-44-40(27-37)39-10-4-5-11-43(39)49-44)48-45(47-41)36-22-18-34(19-23-36)38-9-6-26-46-29-38/h1-29H. The molecule has 0 N–H and O–H groups in total. The summed E-state index contributed by atoms with van der Waals surface area (Å²) in [5, 5.41) is 2.16. The molecule has 230 valence electrons. The first-order chi connectivity index (χ1) is 24.2. The number of aromatic nitrogens is 3. The summed E-state index contributed by atoms with van der Waals surface area (Å²) in [5.41, 5.74) is 13.3. The molecule has 0 radical (unpaired) electrons. The zero-order valence-electron chi connectivity index (χ0n) is 26.5. The van der Waals surface area contributed by atoms with Crippen LogP contribution in [-0.2, 0) is 0 Å². The Morgan fingerprint density at radius 1 is 0.347 bits per heavy atom. The Labute approximate surface area is 284 Å². The molecule has 4 nitrogen and oxygen atoms in total. The molecule has 0 aliphatic rings. The van der Waals surface area contributed by atoms with Crippen molar-refractivity contribution >= 4 is 21.9 Å². The highest BCUT2D eigenvalue weighted by atomic mass is 16.3. The van der Waals surface area contributed by atoms with Crippen molar-refractivity contribution < 1.29 is 4.42 Å². The second kappa shape index (κ2) is 12.2. The van der Waals surface area contributed by atoms with E-state index in [1.165, 1.54) is 16.7 Å². The summed E-state index contributed by atoms with van der Waals surface area (Å²) in [7, 11) is 0. The Balaban J connectivity index is 1.11. The van der Waals surface area contributed by atoms with Gasteiger partial charge in [0.25, 0.3) is 0 Å². The number of furan rings is 1. The molecule has 3 aromatic heterocycles. The van der Waals surface area contributed by atoms with Crippen LogP contribution >= 0.6 is 0 Å². The second-order valence-electron chi connectivity index (χ2n) is 12.1. The Hall–Kier alpha value is -6.65. The van der Waals surface area contributed by atoms with Gasteiger partial charge in [-0.3, -0.25) is 4.98 Å². The van der Waals surface area contributed by atoms with E-state index in [1.807, 2.05) is 42.6 Å². The zero-order valence-corrected chi connectivity index (χ0v) is 26.5. The van der Waals surface area contributed by atoms with Crippen molar-refractivity contribution in [3.63, 3.8) is 0 Å². The number of nitrogens with zero attached hydrogens (tertiary/aromatic N) is 3. The normalized spacial score (nSPS) is 11.3. The molecule has 4 heteroatoms. The summed E-state index contributed by atoms with van der Waals surface area (Å²) in [5.74, 6) is 0.669. The van der Waals surface area contributed by atoms with Gasteiger partial charge in [0.15, 0.2) is 5.82 Å². The summed E-state index contributed by atoms with van der Waals surface area (Å²) in [6.45, 7) is 0. The highest BCUT2D eigenvalue weighted by molar-refractivity contribution is 6.06. The van der Waals surface area contributed by atoms with Gasteiger partial charge >= 0.3 is 0 Å². The van der Waals surface area contributed by atoms with Crippen molar-refractivity contribution in [2.24, 2.45) is 0 Å². The van der Waals surface area contributed by atoms with Gasteiger partial charge in [0, 0.05) is 39.9 Å². The average Bonchev–Trinajstić information content (AvgIpc) is 3.57. The van der Waals surface area contributed by atoms with E-state index in [0.717, 1.165) is 66.7 Å². The maximum atomic E-state index is 6.12. The van der Waals surface area contributed by atoms with Gasteiger partial charge in [-0.25, -0.2) is 9.97 Å². The van der Waals surface area contributed by atoms with Crippen LogP contribution in [0.4, 0.5) is 0 Å². The van der Waals surface area contributed by atoms with Crippen molar-refractivity contribution in [3.05, 3.63) is 176 Å². The largest absolute Gasteiger partial charge is 0.456 e. The van der Waals surface area contributed by atoms with Crippen molar-refractivity contribution in [2.45, 2.75) is 0 Å². The number of benzene rings is 6. The van der Waals surface area contributed by atoms with Gasteiger partial charge in [-0.2, -0.15) is 0 Å². The monoisotopic (exact) mass is 627 g/mol. The van der Waals surface area contributed by atoms with E-state index in [0.29, 0.717) is 5.82 Å². The summed E-state index contributed by atoms with van der Waals surface area (Å²) in [4.78, 5) is 14.5. The van der Waals surface area contributed by atoms with Crippen LogP contribution in [0.3, 0.4) is 0 Å². The Kier molecular flexibility index (Phi) is 7.10. The lowest BCUT2D eigenvalue weighted by atomic mass is 9.98. The minimum atomic E-state index is 0.669. The molecule has 0 atom stereocenters. The predicted molar refractivity (Wildman–Crippen MR) is 200 cm³/mol. The summed E-state index contributed by atoms with van der Waals surface area (Å²) in [6, 6.07) is 56.7. The van der Waals surface area contributed by atoms with Crippen LogP contribution in [0.5, 0.6) is 0 Å². The number of pyridine rings is 1. The molecule has 6 aromatic carbocycles. The van der Waals surface area contributed by atoms with Gasteiger partial charge in [0.05, 0.1) is 11.4 Å². The van der Waals surface area contributed by atoms with E-state index in [-0.39, 0.29) is 0 Å². The maximum absolute atomic E-state index is 6.12. The molecule has 0 spiro atoms. The Morgan fingerprint density at radius 2 is 0.857 bits per heavy atom. The number of hydrogen-bond acceptors (Lipinski definition) is 4. The molecular formula is C45H29N3O. The van der Waals surface area contributed by atoms with Crippen molar-refractivity contribution in [3.8, 4) is 67.3 Å². The smallest absolute Gasteiger partial charge is 0.160 e. The molecule has 0 bridgehead atoms. The van der Waals surface area contributed by atoms with Crippen LogP contribution in [0, 0.1) is 0 Å². The molecule has 0 aliphatic heterocycles. The molecule has 0 saturated carbocycles. The quantitative estimate of drug-likeness (QED) is 0.184. The fourth-order valence-electron chi connectivity index (χ4n) is 6.42. The highest BCUT2D eigenvalue weighted by Crippen LogP contribution is 2.35. The lowest BCUT2D eigenvalue weighted by molar-refractivity contribution is 0.669. The van der Waals surface area contributed by atoms with Crippen LogP contribution in [0.15, 0.2) is 181 Å². The van der Waals surface area contributed by atoms with Crippen LogP contribution in [-0.4, -0.2) is 15.0 Å². The van der Waals surface area contributed by atoms with E-state index < -0.39 is 0 Å². The van der Waals surface area contributed by atoms with Gasteiger partial charge in [0.2, 0.25) is 0 Å². The minimum absolute atomic E-state index is 0.669. The van der Waals surface area contributed by atoms with Gasteiger partial charge in [-0.15, -0.1) is 0 Å². The average molecular weight is 628 g/mol. The van der Waals surface area contributed by atoms with E-state index in [4.69, 9.17) is 14.4 Å². The first-order valence-electron chi connectivity index (χ1n) is 16.3. The van der Waals surface area contributed by atoms with Crippen molar-refractivity contribution in [1.29, 1.82) is 0 Å². The number of rotatable bonds is 6. The Bertz CT molecular complexity index is 2560. The third-order valence-electron chi connectivity index (χ3n) is 9.04. The third kappa shape index (κ3) is 5.56. The fourth-order valence-corrected chi connectivity index (χ4v) is 6.42. The minimum Gasteiger partial charge on any atom is -0.456 e. The molecule has 0 amide bonds. The molecule has 3 heterocycles. The summed E-state index contributed by atoms with van der Waals surface area (Å²) in [6.07, 6.45) is 3.66. The van der Waals surface area contributed by atoms with Crippen molar-refractivity contribution in [2.75, 3.05) is 0 Å². The van der Waals surface area contributed by atoms with Crippen molar-refractivity contribution in [1.82, 2.24) is 15.0 Å². The van der Waals surface area contributed by atoms with E-state index in [2.05, 4.69) is 132 Å². The van der Waals surface area contributed by atoms with Gasteiger partial charge in [-0.05, 0) is 69.8 Å². The van der Waals surface area contributed by atoms with Crippen LogP contribution < -0.4 is 0 Å². The molecular weight excluding hydrogens is 599 g/mol. The van der Waals surface area contributed by atoms with Gasteiger partial charge < -0.3 is 4.42 Å². The van der Waals surface area contributed by atoms with E-state index in [1.54, 1.807) is 6.20 Å². The zero-order chi connectivity index (χ0) is 32.6.